The van der Waals surface area contributed by atoms with Gasteiger partial charge in [0, 0.05) is 10.0 Å². The number of carbonyl (C=O) groups is 1. The van der Waals surface area contributed by atoms with Gasteiger partial charge in [0.05, 0.1) is 16.1 Å². The lowest BCUT2D eigenvalue weighted by molar-refractivity contribution is 0.102. The predicted molar refractivity (Wildman–Crippen MR) is 116 cm³/mol. The van der Waals surface area contributed by atoms with Gasteiger partial charge in [0.1, 0.15) is 11.5 Å². The summed E-state index contributed by atoms with van der Waals surface area (Å²) in [5, 5.41) is 11.8. The van der Waals surface area contributed by atoms with Crippen LogP contribution in [0.5, 0.6) is 11.5 Å². The molecule has 9 heteroatoms. The Bertz CT molecular complexity index is 1210. The molecular formula is C21H12Cl3N3O3. The molecule has 0 saturated heterocycles. The van der Waals surface area contributed by atoms with Crippen LogP contribution >= 0.6 is 34.8 Å². The first-order valence-electron chi connectivity index (χ1n) is 8.62. The normalized spacial score (nSPS) is 10.6. The van der Waals surface area contributed by atoms with E-state index in [0.29, 0.717) is 32.1 Å². The fraction of sp³-hybridized carbons (Fsp3) is 0. The lowest BCUT2D eigenvalue weighted by Gasteiger charge is -2.10. The van der Waals surface area contributed by atoms with E-state index in [2.05, 4.69) is 15.5 Å². The maximum absolute atomic E-state index is 12.8. The van der Waals surface area contributed by atoms with Crippen LogP contribution in [0.2, 0.25) is 15.1 Å². The molecule has 1 heterocycles. The fourth-order valence-corrected chi connectivity index (χ4v) is 3.20. The second-order valence-corrected chi connectivity index (χ2v) is 7.32. The zero-order valence-electron chi connectivity index (χ0n) is 15.1. The van der Waals surface area contributed by atoms with Crippen molar-refractivity contribution in [3.63, 3.8) is 0 Å². The molecule has 0 aliphatic carbocycles. The summed E-state index contributed by atoms with van der Waals surface area (Å²) in [7, 11) is 0. The molecule has 1 amide bonds. The average molecular weight is 461 g/mol. The Morgan fingerprint density at radius 3 is 2.40 bits per heavy atom. The molecule has 0 aliphatic heterocycles. The van der Waals surface area contributed by atoms with Crippen molar-refractivity contribution in [3.8, 4) is 23.0 Å². The molecule has 4 rings (SSSR count). The van der Waals surface area contributed by atoms with Gasteiger partial charge < -0.3 is 9.15 Å². The van der Waals surface area contributed by atoms with Gasteiger partial charge in [-0.05, 0) is 54.6 Å². The van der Waals surface area contributed by atoms with Crippen molar-refractivity contribution in [3.05, 3.63) is 87.4 Å². The Morgan fingerprint density at radius 2 is 1.63 bits per heavy atom. The highest BCUT2D eigenvalue weighted by Gasteiger charge is 2.18. The number of anilines is 1. The van der Waals surface area contributed by atoms with Crippen LogP contribution < -0.4 is 10.1 Å². The monoisotopic (exact) mass is 459 g/mol. The number of amides is 1. The molecule has 30 heavy (non-hydrogen) atoms. The molecule has 0 spiro atoms. The minimum atomic E-state index is -0.475. The summed E-state index contributed by atoms with van der Waals surface area (Å²) in [6.07, 6.45) is 0. The van der Waals surface area contributed by atoms with Gasteiger partial charge in [-0.25, -0.2) is 0 Å². The van der Waals surface area contributed by atoms with E-state index in [4.69, 9.17) is 44.0 Å². The fourth-order valence-electron chi connectivity index (χ4n) is 2.58. The number of halogens is 3. The number of aromatic nitrogens is 2. The molecule has 150 valence electrons. The van der Waals surface area contributed by atoms with Crippen LogP contribution in [0, 0.1) is 0 Å². The van der Waals surface area contributed by atoms with Crippen LogP contribution in [0.4, 0.5) is 6.01 Å². The van der Waals surface area contributed by atoms with Gasteiger partial charge in [0.2, 0.25) is 0 Å². The number of rotatable bonds is 5. The van der Waals surface area contributed by atoms with Gasteiger partial charge in [-0.15, -0.1) is 5.10 Å². The molecular weight excluding hydrogens is 449 g/mol. The molecule has 4 aromatic rings. The lowest BCUT2D eigenvalue weighted by Crippen LogP contribution is -2.13. The number of nitrogens with one attached hydrogen (secondary N) is 1. The van der Waals surface area contributed by atoms with Crippen molar-refractivity contribution in [2.75, 3.05) is 5.32 Å². The van der Waals surface area contributed by atoms with Crippen molar-refractivity contribution in [2.45, 2.75) is 0 Å². The van der Waals surface area contributed by atoms with E-state index >= 15 is 0 Å². The summed E-state index contributed by atoms with van der Waals surface area (Å²) in [6.45, 7) is 0. The van der Waals surface area contributed by atoms with E-state index in [0.717, 1.165) is 0 Å². The SMILES string of the molecule is O=C(Nc1nnc(-c2ccc(Cl)cc2Cl)o1)c1ccccc1Oc1ccc(Cl)cc1. The van der Waals surface area contributed by atoms with Crippen LogP contribution in [0.3, 0.4) is 0 Å². The Morgan fingerprint density at radius 1 is 0.900 bits per heavy atom. The molecule has 3 aromatic carbocycles. The molecule has 0 unspecified atom stereocenters. The second-order valence-electron chi connectivity index (χ2n) is 6.04. The Hall–Kier alpha value is -3.06. The van der Waals surface area contributed by atoms with Gasteiger partial charge in [0.15, 0.2) is 0 Å². The zero-order chi connectivity index (χ0) is 21.1. The van der Waals surface area contributed by atoms with E-state index in [1.165, 1.54) is 0 Å². The van der Waals surface area contributed by atoms with Crippen LogP contribution in [0.15, 0.2) is 71.1 Å². The predicted octanol–water partition coefficient (Wildman–Crippen LogP) is 6.74. The number of carbonyl (C=O) groups excluding carboxylic acids is 1. The summed E-state index contributed by atoms with van der Waals surface area (Å²) in [4.78, 5) is 12.8. The van der Waals surface area contributed by atoms with Crippen molar-refractivity contribution >= 4 is 46.7 Å². The maximum Gasteiger partial charge on any atom is 0.322 e. The third-order valence-electron chi connectivity index (χ3n) is 3.98. The number of benzene rings is 3. The van der Waals surface area contributed by atoms with E-state index in [-0.39, 0.29) is 17.5 Å². The molecule has 0 fully saturated rings. The van der Waals surface area contributed by atoms with Crippen LogP contribution in [-0.4, -0.2) is 16.1 Å². The number of hydrogen-bond donors (Lipinski definition) is 1. The summed E-state index contributed by atoms with van der Waals surface area (Å²) in [5.74, 6) is 0.574. The average Bonchev–Trinajstić information content (AvgIpc) is 3.18. The van der Waals surface area contributed by atoms with E-state index in [9.17, 15) is 4.79 Å². The first kappa shape index (κ1) is 20.2. The molecule has 0 aliphatic rings. The van der Waals surface area contributed by atoms with E-state index in [1.54, 1.807) is 66.7 Å². The largest absolute Gasteiger partial charge is 0.457 e. The van der Waals surface area contributed by atoms with E-state index < -0.39 is 5.91 Å². The third kappa shape index (κ3) is 4.57. The van der Waals surface area contributed by atoms with Crippen molar-refractivity contribution in [1.29, 1.82) is 0 Å². The number of nitrogens with zero attached hydrogens (tertiary/aromatic N) is 2. The van der Waals surface area contributed by atoms with Gasteiger partial charge in [-0.3, -0.25) is 10.1 Å². The minimum Gasteiger partial charge on any atom is -0.457 e. The molecule has 0 atom stereocenters. The van der Waals surface area contributed by atoms with Crippen molar-refractivity contribution in [2.24, 2.45) is 0 Å². The summed E-state index contributed by atoms with van der Waals surface area (Å²) in [5.41, 5.74) is 0.789. The number of para-hydroxylation sites is 1. The van der Waals surface area contributed by atoms with Crippen LogP contribution in [-0.2, 0) is 0 Å². The standard InChI is InChI=1S/C21H12Cl3N3O3/c22-12-5-8-14(9-6-12)29-18-4-2-1-3-16(18)19(28)25-21-27-26-20(30-21)15-10-7-13(23)11-17(15)24/h1-11H,(H,25,27,28). The first-order chi connectivity index (χ1) is 14.5. The van der Waals surface area contributed by atoms with Gasteiger partial charge in [0.25, 0.3) is 11.8 Å². The lowest BCUT2D eigenvalue weighted by atomic mass is 10.2. The molecule has 0 saturated carbocycles. The smallest absolute Gasteiger partial charge is 0.322 e. The topological polar surface area (TPSA) is 77.3 Å². The van der Waals surface area contributed by atoms with Gasteiger partial charge in [-0.2, -0.15) is 0 Å². The minimum absolute atomic E-state index is 0.0812. The number of hydrogen-bond acceptors (Lipinski definition) is 5. The first-order valence-corrected chi connectivity index (χ1v) is 9.76. The van der Waals surface area contributed by atoms with Gasteiger partial charge in [-0.1, -0.05) is 52.0 Å². The van der Waals surface area contributed by atoms with Crippen molar-refractivity contribution < 1.29 is 13.9 Å². The maximum atomic E-state index is 12.8. The molecule has 0 radical (unpaired) electrons. The molecule has 1 N–H and O–H groups in total. The van der Waals surface area contributed by atoms with Crippen molar-refractivity contribution in [1.82, 2.24) is 10.2 Å². The highest BCUT2D eigenvalue weighted by molar-refractivity contribution is 6.36. The highest BCUT2D eigenvalue weighted by atomic mass is 35.5. The van der Waals surface area contributed by atoms with E-state index in [1.807, 2.05) is 0 Å². The Kier molecular flexibility index (Phi) is 5.90. The van der Waals surface area contributed by atoms with Gasteiger partial charge >= 0.3 is 6.01 Å². The molecule has 6 nitrogen and oxygen atoms in total. The number of ether oxygens (including phenoxy) is 1. The highest BCUT2D eigenvalue weighted by Crippen LogP contribution is 2.31. The zero-order valence-corrected chi connectivity index (χ0v) is 17.4. The third-order valence-corrected chi connectivity index (χ3v) is 4.78. The Balaban J connectivity index is 1.53. The summed E-state index contributed by atoms with van der Waals surface area (Å²) >= 11 is 18.0. The Labute approximate surface area is 186 Å². The quantitative estimate of drug-likeness (QED) is 0.357. The second kappa shape index (κ2) is 8.75. The summed E-state index contributed by atoms with van der Waals surface area (Å²) < 4.78 is 11.3. The molecule has 0 bridgehead atoms. The molecule has 1 aromatic heterocycles. The summed E-state index contributed by atoms with van der Waals surface area (Å²) in [6, 6.07) is 18.4. The van der Waals surface area contributed by atoms with Crippen LogP contribution in [0.1, 0.15) is 10.4 Å². The van der Waals surface area contributed by atoms with Crippen LogP contribution in [0.25, 0.3) is 11.5 Å².